The molecule has 0 radical (unpaired) electrons. The van der Waals surface area contributed by atoms with Crippen LogP contribution in [-0.4, -0.2) is 66.2 Å². The van der Waals surface area contributed by atoms with Crippen molar-refractivity contribution < 1.29 is 28.7 Å². The molecule has 0 aromatic heterocycles. The highest BCUT2D eigenvalue weighted by molar-refractivity contribution is 6.47. The monoisotopic (exact) mass is 484 g/mol. The Kier molecular flexibility index (Phi) is 6.51. The van der Waals surface area contributed by atoms with E-state index in [0.29, 0.717) is 31.2 Å². The molecule has 0 spiro atoms. The third-order valence-electron chi connectivity index (χ3n) is 9.18. The maximum absolute atomic E-state index is 12.9. The van der Waals surface area contributed by atoms with Gasteiger partial charge >= 0.3 is 19.3 Å². The molecular formula is C26H37BN2O6. The number of carbonyl (C=O) groups is 2. The molecule has 1 unspecified atom stereocenters. The molecule has 5 aliphatic rings. The van der Waals surface area contributed by atoms with Gasteiger partial charge in [0.15, 0.2) is 0 Å². The lowest BCUT2D eigenvalue weighted by Crippen LogP contribution is -2.65. The molecule has 2 heterocycles. The molecule has 35 heavy (non-hydrogen) atoms. The molecule has 2 amide bonds. The van der Waals surface area contributed by atoms with E-state index in [1.165, 1.54) is 4.90 Å². The van der Waals surface area contributed by atoms with Gasteiger partial charge in [-0.15, -0.1) is 0 Å². The number of benzene rings is 1. The molecular weight excluding hydrogens is 447 g/mol. The largest absolute Gasteiger partial charge is 0.482 e. The average Bonchev–Trinajstić information content (AvgIpc) is 3.20. The molecule has 5 fully saturated rings. The van der Waals surface area contributed by atoms with Crippen molar-refractivity contribution in [2.45, 2.75) is 83.0 Å². The highest BCUT2D eigenvalue weighted by atomic mass is 16.7. The molecule has 6 atom stereocenters. The molecule has 2 aliphatic heterocycles. The first kappa shape index (κ1) is 24.4. The molecule has 6 rings (SSSR count). The zero-order valence-electron chi connectivity index (χ0n) is 20.9. The summed E-state index contributed by atoms with van der Waals surface area (Å²) < 4.78 is 18.6. The molecule has 8 nitrogen and oxygen atoms in total. The summed E-state index contributed by atoms with van der Waals surface area (Å²) in [7, 11) is -0.571. The van der Waals surface area contributed by atoms with Crippen molar-refractivity contribution in [3.63, 3.8) is 0 Å². The van der Waals surface area contributed by atoms with Gasteiger partial charge in [-0.3, -0.25) is 0 Å². The van der Waals surface area contributed by atoms with Crippen molar-refractivity contribution in [1.29, 1.82) is 0 Å². The normalized spacial score (nSPS) is 33.9. The van der Waals surface area contributed by atoms with E-state index in [4.69, 9.17) is 14.0 Å². The first-order valence-corrected chi connectivity index (χ1v) is 13.0. The van der Waals surface area contributed by atoms with Crippen LogP contribution in [0.5, 0.6) is 0 Å². The smallest absolute Gasteiger partial charge is 0.465 e. The number of hydrogen-bond acceptors (Lipinski definition) is 5. The number of nitrogens with zero attached hydrogens (tertiary/aromatic N) is 1. The van der Waals surface area contributed by atoms with Crippen molar-refractivity contribution in [3.05, 3.63) is 35.9 Å². The number of alkyl carbamates (subject to hydrolysis) is 1. The van der Waals surface area contributed by atoms with Crippen molar-refractivity contribution in [2.75, 3.05) is 13.2 Å². The molecule has 1 aromatic rings. The zero-order chi connectivity index (χ0) is 24.8. The molecule has 2 bridgehead atoms. The van der Waals surface area contributed by atoms with Crippen LogP contribution in [0, 0.1) is 17.3 Å². The Morgan fingerprint density at radius 3 is 2.71 bits per heavy atom. The van der Waals surface area contributed by atoms with Crippen LogP contribution >= 0.6 is 0 Å². The van der Waals surface area contributed by atoms with Crippen LogP contribution in [0.15, 0.2) is 30.3 Å². The Bertz CT molecular complexity index is 945. The first-order chi connectivity index (χ1) is 16.7. The van der Waals surface area contributed by atoms with Crippen molar-refractivity contribution in [2.24, 2.45) is 17.3 Å². The molecule has 9 heteroatoms. The van der Waals surface area contributed by atoms with Gasteiger partial charge in [-0.25, -0.2) is 9.59 Å². The van der Waals surface area contributed by atoms with Crippen molar-refractivity contribution in [1.82, 2.24) is 10.2 Å². The van der Waals surface area contributed by atoms with E-state index in [-0.39, 0.29) is 29.8 Å². The number of ether oxygens (including phenoxy) is 1. The second-order valence-electron chi connectivity index (χ2n) is 11.5. The summed E-state index contributed by atoms with van der Waals surface area (Å²) >= 11 is 0. The Balaban J connectivity index is 1.26. The van der Waals surface area contributed by atoms with Gasteiger partial charge in [-0.1, -0.05) is 44.2 Å². The summed E-state index contributed by atoms with van der Waals surface area (Å²) in [6, 6.07) is 9.65. The van der Waals surface area contributed by atoms with E-state index in [9.17, 15) is 14.7 Å². The molecule has 3 saturated carbocycles. The lowest BCUT2D eigenvalue weighted by atomic mass is 9.43. The maximum atomic E-state index is 12.9. The number of amides is 2. The second kappa shape index (κ2) is 9.32. The summed E-state index contributed by atoms with van der Waals surface area (Å²) in [4.78, 5) is 25.8. The van der Waals surface area contributed by atoms with Gasteiger partial charge in [0, 0.05) is 6.54 Å². The van der Waals surface area contributed by atoms with Gasteiger partial charge in [0.05, 0.1) is 23.7 Å². The van der Waals surface area contributed by atoms with Crippen LogP contribution in [0.25, 0.3) is 0 Å². The lowest BCUT2D eigenvalue weighted by molar-refractivity contribution is -0.199. The van der Waals surface area contributed by atoms with Crippen LogP contribution in [0.2, 0.25) is 0 Å². The summed E-state index contributed by atoms with van der Waals surface area (Å²) in [6.45, 7) is 7.34. The summed E-state index contributed by atoms with van der Waals surface area (Å²) in [6.07, 6.45) is 3.63. The fourth-order valence-electron chi connectivity index (χ4n) is 6.94. The van der Waals surface area contributed by atoms with E-state index in [0.717, 1.165) is 31.2 Å². The SMILES string of the molecule is CC1(C)[C@@H]2C[C@H]3OB(C(Cc4ccccc4)NC(=O)OC[C@H]4CCCCN4C(=O)O)O[C@@]3(C)[C@H]1C2. The van der Waals surface area contributed by atoms with Crippen LogP contribution in [0.3, 0.4) is 0 Å². The van der Waals surface area contributed by atoms with Crippen LogP contribution in [0.4, 0.5) is 9.59 Å². The molecule has 190 valence electrons. The molecule has 3 aliphatic carbocycles. The Labute approximate surface area is 207 Å². The van der Waals surface area contributed by atoms with E-state index in [1.54, 1.807) is 0 Å². The third-order valence-corrected chi connectivity index (χ3v) is 9.18. The van der Waals surface area contributed by atoms with Gasteiger partial charge in [0.1, 0.15) is 6.61 Å². The molecule has 2 saturated heterocycles. The third kappa shape index (κ3) is 4.53. The summed E-state index contributed by atoms with van der Waals surface area (Å²) in [5.74, 6) is 0.655. The summed E-state index contributed by atoms with van der Waals surface area (Å²) in [5.41, 5.74) is 0.938. The van der Waals surface area contributed by atoms with E-state index >= 15 is 0 Å². The van der Waals surface area contributed by atoms with Crippen molar-refractivity contribution >= 4 is 19.3 Å². The Morgan fingerprint density at radius 1 is 1.23 bits per heavy atom. The quantitative estimate of drug-likeness (QED) is 0.590. The predicted molar refractivity (Wildman–Crippen MR) is 131 cm³/mol. The van der Waals surface area contributed by atoms with Gasteiger partial charge in [0.2, 0.25) is 0 Å². The van der Waals surface area contributed by atoms with Crippen LogP contribution < -0.4 is 5.32 Å². The molecule has 2 N–H and O–H groups in total. The van der Waals surface area contributed by atoms with Crippen LogP contribution in [-0.2, 0) is 20.5 Å². The molecule has 1 aromatic carbocycles. The fourth-order valence-corrected chi connectivity index (χ4v) is 6.94. The Morgan fingerprint density at radius 2 is 2.00 bits per heavy atom. The summed E-state index contributed by atoms with van der Waals surface area (Å²) in [5, 5.41) is 12.4. The number of carboxylic acid groups (broad SMARTS) is 1. The van der Waals surface area contributed by atoms with Gasteiger partial charge < -0.3 is 29.4 Å². The number of likely N-dealkylation sites (tertiary alicyclic amines) is 1. The Hall–Kier alpha value is -2.26. The number of piperidine rings is 1. The highest BCUT2D eigenvalue weighted by Crippen LogP contribution is 2.65. The topological polar surface area (TPSA) is 97.3 Å². The first-order valence-electron chi connectivity index (χ1n) is 13.0. The second-order valence-corrected chi connectivity index (χ2v) is 11.5. The van der Waals surface area contributed by atoms with Gasteiger partial charge in [0.25, 0.3) is 0 Å². The average molecular weight is 484 g/mol. The fraction of sp³-hybridized carbons (Fsp3) is 0.692. The van der Waals surface area contributed by atoms with Gasteiger partial charge in [-0.05, 0) is 68.3 Å². The minimum Gasteiger partial charge on any atom is -0.465 e. The highest BCUT2D eigenvalue weighted by Gasteiger charge is 2.68. The minimum absolute atomic E-state index is 0.0201. The number of rotatable bonds is 6. The predicted octanol–water partition coefficient (Wildman–Crippen LogP) is 4.12. The number of nitrogens with one attached hydrogen (secondary N) is 1. The standard InChI is InChI=1S/C26H37BN2O6/c1-25(2)18-14-20(25)26(3)21(15-18)34-27(35-26)22(13-17-9-5-4-6-10-17)28-23(30)33-16-19-11-7-8-12-29(19)24(31)32/h4-6,9-10,18-22H,7-8,11-16H2,1-3H3,(H,28,30)(H,31,32)/t18-,19+,20-,21+,22?,26-/m0/s1. The minimum atomic E-state index is -0.967. The van der Waals surface area contributed by atoms with E-state index in [1.807, 2.05) is 30.3 Å². The zero-order valence-corrected chi connectivity index (χ0v) is 20.9. The number of carbonyl (C=O) groups excluding carboxylic acids is 1. The van der Waals surface area contributed by atoms with E-state index in [2.05, 4.69) is 26.1 Å². The van der Waals surface area contributed by atoms with Crippen LogP contribution in [0.1, 0.15) is 58.4 Å². The van der Waals surface area contributed by atoms with E-state index < -0.39 is 25.2 Å². The lowest BCUT2D eigenvalue weighted by Gasteiger charge is -2.64. The number of hydrogen-bond donors (Lipinski definition) is 2. The maximum Gasteiger partial charge on any atom is 0.482 e. The van der Waals surface area contributed by atoms with Crippen molar-refractivity contribution in [3.8, 4) is 0 Å². The van der Waals surface area contributed by atoms with Gasteiger partial charge in [-0.2, -0.15) is 0 Å².